The van der Waals surface area contributed by atoms with E-state index in [0.717, 1.165) is 0 Å². The van der Waals surface area contributed by atoms with Crippen molar-refractivity contribution in [1.29, 1.82) is 0 Å². The Morgan fingerprint density at radius 3 is 2.78 bits per heavy atom. The van der Waals surface area contributed by atoms with Gasteiger partial charge in [0.25, 0.3) is 0 Å². The van der Waals surface area contributed by atoms with E-state index in [1.54, 1.807) is 6.08 Å². The molecule has 0 N–H and O–H groups in total. The summed E-state index contributed by atoms with van der Waals surface area (Å²) in [6.07, 6.45) is 1.57. The minimum atomic E-state index is -0.128. The van der Waals surface area contributed by atoms with Crippen LogP contribution in [-0.2, 0) is 23.7 Å². The summed E-state index contributed by atoms with van der Waals surface area (Å²) in [5.74, 6) is 0. The van der Waals surface area contributed by atoms with Crippen molar-refractivity contribution in [3.8, 4) is 0 Å². The molecule has 0 aromatic carbocycles. The Balaban J connectivity index is 2.10. The molecule has 1 aliphatic rings. The minimum Gasteiger partial charge on any atom is -0.376 e. The van der Waals surface area contributed by atoms with Crippen LogP contribution in [0.15, 0.2) is 12.7 Å². The van der Waals surface area contributed by atoms with Crippen molar-refractivity contribution in [1.82, 2.24) is 0 Å². The average molecular weight is 260 g/mol. The third-order valence-electron chi connectivity index (χ3n) is 2.45. The lowest BCUT2D eigenvalue weighted by Gasteiger charge is -2.18. The fraction of sp³-hybridized carbons (Fsp3) is 0.846. The van der Waals surface area contributed by atoms with Gasteiger partial charge in [-0.25, -0.2) is 0 Å². The molecule has 0 amide bonds. The van der Waals surface area contributed by atoms with Crippen molar-refractivity contribution in [2.24, 2.45) is 0 Å². The second kappa shape index (κ2) is 9.47. The molecule has 0 radical (unpaired) electrons. The summed E-state index contributed by atoms with van der Waals surface area (Å²) in [6.45, 7) is 10.7. The van der Waals surface area contributed by atoms with Crippen LogP contribution in [0.25, 0.3) is 0 Å². The van der Waals surface area contributed by atoms with E-state index < -0.39 is 0 Å². The van der Waals surface area contributed by atoms with Crippen molar-refractivity contribution in [3.63, 3.8) is 0 Å². The summed E-state index contributed by atoms with van der Waals surface area (Å²) < 4.78 is 27.2. The third kappa shape index (κ3) is 6.47. The molecule has 1 heterocycles. The lowest BCUT2D eigenvalue weighted by molar-refractivity contribution is -0.0822. The Morgan fingerprint density at radius 2 is 2.17 bits per heavy atom. The second-order valence-electron chi connectivity index (χ2n) is 4.10. The zero-order valence-electron chi connectivity index (χ0n) is 11.3. The molecule has 1 rings (SSSR count). The zero-order valence-corrected chi connectivity index (χ0v) is 11.3. The highest BCUT2D eigenvalue weighted by Crippen LogP contribution is 2.11. The smallest absolute Gasteiger partial charge is 0.155 e. The van der Waals surface area contributed by atoms with Crippen molar-refractivity contribution in [2.75, 3.05) is 39.6 Å². The van der Waals surface area contributed by atoms with E-state index >= 15 is 0 Å². The van der Waals surface area contributed by atoms with Crippen LogP contribution in [0.1, 0.15) is 13.8 Å². The van der Waals surface area contributed by atoms with E-state index in [9.17, 15) is 0 Å². The summed E-state index contributed by atoms with van der Waals surface area (Å²) in [5, 5.41) is 0. The van der Waals surface area contributed by atoms with Gasteiger partial charge in [0.05, 0.1) is 33.0 Å². The molecule has 0 aliphatic carbocycles. The molecular formula is C13H24O5. The maximum atomic E-state index is 5.58. The van der Waals surface area contributed by atoms with Crippen LogP contribution in [0.4, 0.5) is 0 Å². The Kier molecular flexibility index (Phi) is 8.20. The molecule has 18 heavy (non-hydrogen) atoms. The number of rotatable bonds is 10. The highest BCUT2D eigenvalue weighted by atomic mass is 16.7. The first-order valence-corrected chi connectivity index (χ1v) is 6.41. The monoisotopic (exact) mass is 260 g/mol. The van der Waals surface area contributed by atoms with Gasteiger partial charge in [0, 0.05) is 6.61 Å². The maximum absolute atomic E-state index is 5.58. The predicted molar refractivity (Wildman–Crippen MR) is 67.5 cm³/mol. The van der Waals surface area contributed by atoms with Gasteiger partial charge < -0.3 is 23.7 Å². The van der Waals surface area contributed by atoms with Gasteiger partial charge in [0.1, 0.15) is 12.2 Å². The third-order valence-corrected chi connectivity index (χ3v) is 2.45. The van der Waals surface area contributed by atoms with Gasteiger partial charge >= 0.3 is 0 Å². The summed E-state index contributed by atoms with van der Waals surface area (Å²) in [5.41, 5.74) is 0. The molecule has 3 unspecified atom stereocenters. The summed E-state index contributed by atoms with van der Waals surface area (Å²) in [6, 6.07) is 0. The van der Waals surface area contributed by atoms with Crippen LogP contribution in [0, 0.1) is 0 Å². The highest BCUT2D eigenvalue weighted by molar-refractivity contribution is 4.66. The van der Waals surface area contributed by atoms with Gasteiger partial charge in [-0.3, -0.25) is 0 Å². The molecule has 0 aromatic heterocycles. The van der Waals surface area contributed by atoms with Crippen molar-refractivity contribution in [2.45, 2.75) is 32.3 Å². The number of ether oxygens (including phenoxy) is 5. The zero-order chi connectivity index (χ0) is 13.2. The first kappa shape index (κ1) is 15.6. The standard InChI is InChI=1S/C13H24O5/c1-4-6-14-7-12(16-5-2)8-15-9-13-10-17-11(3)18-13/h4,11-13H,1,5-10H2,2-3H3. The van der Waals surface area contributed by atoms with Crippen molar-refractivity contribution in [3.05, 3.63) is 12.7 Å². The molecule has 106 valence electrons. The van der Waals surface area contributed by atoms with Crippen molar-refractivity contribution >= 4 is 0 Å². The first-order chi connectivity index (χ1) is 8.76. The quantitative estimate of drug-likeness (QED) is 0.438. The van der Waals surface area contributed by atoms with Crippen LogP contribution >= 0.6 is 0 Å². The topological polar surface area (TPSA) is 46.2 Å². The lowest BCUT2D eigenvalue weighted by atomic mass is 10.4. The largest absolute Gasteiger partial charge is 0.376 e. The van der Waals surface area contributed by atoms with Crippen LogP contribution in [0.5, 0.6) is 0 Å². The number of hydrogen-bond donors (Lipinski definition) is 0. The summed E-state index contributed by atoms with van der Waals surface area (Å²) in [4.78, 5) is 0. The van der Waals surface area contributed by atoms with Gasteiger partial charge in [0.15, 0.2) is 6.29 Å². The molecule has 0 spiro atoms. The van der Waals surface area contributed by atoms with Crippen molar-refractivity contribution < 1.29 is 23.7 Å². The van der Waals surface area contributed by atoms with Crippen LogP contribution in [0.2, 0.25) is 0 Å². The van der Waals surface area contributed by atoms with Crippen LogP contribution in [-0.4, -0.2) is 58.1 Å². The van der Waals surface area contributed by atoms with Crippen LogP contribution in [0.3, 0.4) is 0 Å². The van der Waals surface area contributed by atoms with E-state index in [1.807, 2.05) is 13.8 Å². The molecule has 0 bridgehead atoms. The minimum absolute atomic E-state index is 0.0244. The maximum Gasteiger partial charge on any atom is 0.155 e. The molecule has 0 saturated carbocycles. The lowest BCUT2D eigenvalue weighted by Crippen LogP contribution is -2.28. The highest BCUT2D eigenvalue weighted by Gasteiger charge is 2.22. The first-order valence-electron chi connectivity index (χ1n) is 6.41. The molecule has 3 atom stereocenters. The van der Waals surface area contributed by atoms with E-state index in [1.165, 1.54) is 0 Å². The van der Waals surface area contributed by atoms with Gasteiger partial charge in [-0.05, 0) is 13.8 Å². The molecule has 5 heteroatoms. The van der Waals surface area contributed by atoms with Gasteiger partial charge in [-0.15, -0.1) is 6.58 Å². The number of hydrogen-bond acceptors (Lipinski definition) is 5. The van der Waals surface area contributed by atoms with Gasteiger partial charge in [0.2, 0.25) is 0 Å². The predicted octanol–water partition coefficient (Wildman–Crippen LogP) is 1.37. The van der Waals surface area contributed by atoms with Gasteiger partial charge in [-0.1, -0.05) is 6.08 Å². The fourth-order valence-corrected chi connectivity index (χ4v) is 1.67. The fourth-order valence-electron chi connectivity index (χ4n) is 1.67. The van der Waals surface area contributed by atoms with E-state index in [2.05, 4.69) is 6.58 Å². The summed E-state index contributed by atoms with van der Waals surface area (Å²) >= 11 is 0. The SMILES string of the molecule is C=CCOCC(COCC1COC(C)O1)OCC. The normalized spacial score (nSPS) is 25.2. The van der Waals surface area contributed by atoms with Gasteiger partial charge in [-0.2, -0.15) is 0 Å². The van der Waals surface area contributed by atoms with Crippen LogP contribution < -0.4 is 0 Å². The molecule has 5 nitrogen and oxygen atoms in total. The molecular weight excluding hydrogens is 236 g/mol. The average Bonchev–Trinajstić information content (AvgIpc) is 2.75. The summed E-state index contributed by atoms with van der Waals surface area (Å²) in [7, 11) is 0. The van der Waals surface area contributed by atoms with E-state index in [-0.39, 0.29) is 18.5 Å². The Bertz CT molecular complexity index is 221. The Labute approximate surface area is 109 Å². The Morgan fingerprint density at radius 1 is 1.39 bits per heavy atom. The van der Waals surface area contributed by atoms with E-state index in [4.69, 9.17) is 23.7 Å². The molecule has 0 aromatic rings. The molecule has 1 saturated heterocycles. The Hall–Kier alpha value is -0.460. The molecule has 1 fully saturated rings. The molecule has 1 aliphatic heterocycles. The second-order valence-corrected chi connectivity index (χ2v) is 4.10. The van der Waals surface area contributed by atoms with E-state index in [0.29, 0.717) is 39.6 Å².